The normalized spacial score (nSPS) is 16.6. The molecule has 0 saturated carbocycles. The highest BCUT2D eigenvalue weighted by Gasteiger charge is 2.28. The van der Waals surface area contributed by atoms with Gasteiger partial charge in [-0.1, -0.05) is 26.8 Å². The van der Waals surface area contributed by atoms with Crippen LogP contribution in [-0.4, -0.2) is 50.0 Å². The number of carboxylic acids is 1. The van der Waals surface area contributed by atoms with E-state index in [1.165, 1.54) is 19.2 Å². The van der Waals surface area contributed by atoms with Gasteiger partial charge in [-0.2, -0.15) is 0 Å². The molecule has 1 fully saturated rings. The van der Waals surface area contributed by atoms with Gasteiger partial charge in [0.15, 0.2) is 0 Å². The number of carbonyl (C=O) groups is 2. The van der Waals surface area contributed by atoms with Gasteiger partial charge < -0.3 is 30.1 Å². The lowest BCUT2D eigenvalue weighted by atomic mass is 9.92. The molecular weight excluding hydrogens is 453 g/mol. The highest BCUT2D eigenvalue weighted by atomic mass is 19.1. The van der Waals surface area contributed by atoms with Crippen molar-refractivity contribution < 1.29 is 28.6 Å². The lowest BCUT2D eigenvalue weighted by Crippen LogP contribution is -2.48. The minimum Gasteiger partial charge on any atom is -0.497 e. The summed E-state index contributed by atoms with van der Waals surface area (Å²) in [7, 11) is 1.44. The average Bonchev–Trinajstić information content (AvgIpc) is 2.83. The van der Waals surface area contributed by atoms with E-state index in [1.54, 1.807) is 6.07 Å². The second-order valence-corrected chi connectivity index (χ2v) is 8.98. The Morgan fingerprint density at radius 1 is 1.20 bits per heavy atom. The van der Waals surface area contributed by atoms with Gasteiger partial charge in [0.25, 0.3) is 0 Å². The number of nitrogens with zero attached hydrogens (tertiary/aromatic N) is 1. The van der Waals surface area contributed by atoms with E-state index in [4.69, 9.17) is 9.47 Å². The van der Waals surface area contributed by atoms with Crippen molar-refractivity contribution in [1.29, 1.82) is 0 Å². The molecule has 1 saturated heterocycles. The Balaban J connectivity index is 1.94. The van der Waals surface area contributed by atoms with Crippen LogP contribution in [0.3, 0.4) is 0 Å². The second-order valence-electron chi connectivity index (χ2n) is 8.98. The van der Waals surface area contributed by atoms with Gasteiger partial charge in [-0.15, -0.1) is 0 Å². The number of anilines is 3. The molecule has 1 aliphatic rings. The quantitative estimate of drug-likeness (QED) is 0.443. The highest BCUT2D eigenvalue weighted by Crippen LogP contribution is 2.35. The molecule has 3 rings (SSSR count). The number of rotatable bonds is 9. The fourth-order valence-corrected chi connectivity index (χ4v) is 4.34. The molecule has 2 atom stereocenters. The van der Waals surface area contributed by atoms with E-state index in [-0.39, 0.29) is 24.1 Å². The zero-order valence-electron chi connectivity index (χ0n) is 20.6. The molecule has 2 aromatic rings. The molecule has 0 unspecified atom stereocenters. The lowest BCUT2D eigenvalue weighted by Gasteiger charge is -2.40. The molecule has 190 valence electrons. The minimum atomic E-state index is -0.879. The summed E-state index contributed by atoms with van der Waals surface area (Å²) in [6.07, 6.45) is 0.630. The molecule has 1 aliphatic heterocycles. The average molecular weight is 488 g/mol. The molecule has 0 radical (unpaired) electrons. The van der Waals surface area contributed by atoms with Crippen LogP contribution in [0.25, 0.3) is 0 Å². The number of morpholine rings is 1. The van der Waals surface area contributed by atoms with Crippen molar-refractivity contribution in [2.75, 3.05) is 42.4 Å². The van der Waals surface area contributed by atoms with E-state index < -0.39 is 17.8 Å². The van der Waals surface area contributed by atoms with Crippen LogP contribution in [0.1, 0.15) is 45.1 Å². The number of ether oxygens (including phenoxy) is 2. The summed E-state index contributed by atoms with van der Waals surface area (Å²) in [5.74, 6) is -1.04. The Bertz CT molecular complexity index is 1050. The molecular formula is C26H34FN3O5. The van der Waals surface area contributed by atoms with Gasteiger partial charge in [0.05, 0.1) is 49.8 Å². The van der Waals surface area contributed by atoms with Gasteiger partial charge in [-0.25, -0.2) is 9.18 Å². The molecule has 3 N–H and O–H groups in total. The fourth-order valence-electron chi connectivity index (χ4n) is 4.34. The van der Waals surface area contributed by atoms with Crippen LogP contribution >= 0.6 is 0 Å². The minimum absolute atomic E-state index is 0.00921. The van der Waals surface area contributed by atoms with Gasteiger partial charge in [-0.3, -0.25) is 4.79 Å². The first kappa shape index (κ1) is 26.3. The largest absolute Gasteiger partial charge is 0.497 e. The van der Waals surface area contributed by atoms with Crippen LogP contribution < -0.4 is 20.3 Å². The van der Waals surface area contributed by atoms with E-state index in [0.29, 0.717) is 43.5 Å². The number of aliphatic carboxylic acids is 1. The monoisotopic (exact) mass is 487 g/mol. The first-order chi connectivity index (χ1) is 16.7. The van der Waals surface area contributed by atoms with Crippen molar-refractivity contribution in [3.63, 3.8) is 0 Å². The number of halogens is 1. The Morgan fingerprint density at radius 3 is 2.57 bits per heavy atom. The van der Waals surface area contributed by atoms with Crippen LogP contribution in [0.2, 0.25) is 0 Å². The summed E-state index contributed by atoms with van der Waals surface area (Å²) < 4.78 is 25.1. The molecule has 9 heteroatoms. The Kier molecular flexibility index (Phi) is 8.92. The molecule has 1 heterocycles. The van der Waals surface area contributed by atoms with E-state index in [2.05, 4.69) is 29.4 Å². The van der Waals surface area contributed by atoms with Crippen LogP contribution in [0.5, 0.6) is 5.75 Å². The van der Waals surface area contributed by atoms with Crippen molar-refractivity contribution in [2.45, 2.75) is 45.6 Å². The second kappa shape index (κ2) is 11.9. The number of nitrogens with one attached hydrogen (secondary N) is 2. The van der Waals surface area contributed by atoms with Crippen LogP contribution in [-0.2, 0) is 9.53 Å². The van der Waals surface area contributed by atoms with Crippen LogP contribution in [0.4, 0.5) is 26.2 Å². The van der Waals surface area contributed by atoms with Crippen LogP contribution in [0.15, 0.2) is 36.4 Å². The Hall–Kier alpha value is -3.33. The molecule has 35 heavy (non-hydrogen) atoms. The summed E-state index contributed by atoms with van der Waals surface area (Å²) in [5, 5.41) is 14.7. The van der Waals surface area contributed by atoms with E-state index >= 15 is 0 Å². The third-order valence-corrected chi connectivity index (χ3v) is 6.32. The predicted octanol–water partition coefficient (Wildman–Crippen LogP) is 5.31. The molecule has 0 spiro atoms. The van der Waals surface area contributed by atoms with Gasteiger partial charge in [0.1, 0.15) is 11.6 Å². The van der Waals surface area contributed by atoms with E-state index in [9.17, 15) is 19.1 Å². The standard InChI is InChI=1S/C26H34FN3O5/c1-5-17(13-25(31)32)18-6-9-23(30-10-11-35-15-24(30)16(2)3)22(12-18)29-26(33)28-21-8-7-19(34-4)14-20(21)27/h6-9,12,14,16-17,24H,5,10-11,13,15H2,1-4H3,(H,31,32)(H2,28,29,33)/t17-,24+/m0/s1. The maximum absolute atomic E-state index is 14.4. The summed E-state index contributed by atoms with van der Waals surface area (Å²) in [4.78, 5) is 26.5. The van der Waals surface area contributed by atoms with E-state index in [0.717, 1.165) is 11.3 Å². The maximum atomic E-state index is 14.4. The topological polar surface area (TPSA) is 100 Å². The van der Waals surface area contributed by atoms with Crippen LogP contribution in [0, 0.1) is 11.7 Å². The molecule has 2 amide bonds. The smallest absolute Gasteiger partial charge is 0.323 e. The highest BCUT2D eigenvalue weighted by molar-refractivity contribution is 6.02. The number of carboxylic acid groups (broad SMARTS) is 1. The summed E-state index contributed by atoms with van der Waals surface area (Å²) in [5.41, 5.74) is 2.18. The lowest BCUT2D eigenvalue weighted by molar-refractivity contribution is -0.137. The molecule has 2 aromatic carbocycles. The summed E-state index contributed by atoms with van der Waals surface area (Å²) in [6.45, 7) is 7.95. The van der Waals surface area contributed by atoms with Crippen molar-refractivity contribution in [3.05, 3.63) is 47.8 Å². The summed E-state index contributed by atoms with van der Waals surface area (Å²) in [6, 6.07) is 9.36. The Morgan fingerprint density at radius 2 is 1.94 bits per heavy atom. The predicted molar refractivity (Wildman–Crippen MR) is 134 cm³/mol. The number of carbonyl (C=O) groups excluding carboxylic acids is 1. The number of methoxy groups -OCH3 is 1. The molecule has 0 bridgehead atoms. The number of amides is 2. The van der Waals surface area contributed by atoms with Gasteiger partial charge in [0.2, 0.25) is 0 Å². The number of hydrogen-bond donors (Lipinski definition) is 3. The molecule has 8 nitrogen and oxygen atoms in total. The first-order valence-corrected chi connectivity index (χ1v) is 11.8. The molecule has 0 aliphatic carbocycles. The first-order valence-electron chi connectivity index (χ1n) is 11.8. The third-order valence-electron chi connectivity index (χ3n) is 6.32. The van der Waals surface area contributed by atoms with Crippen molar-refractivity contribution in [3.8, 4) is 5.75 Å². The van der Waals surface area contributed by atoms with Gasteiger partial charge in [-0.05, 0) is 48.1 Å². The zero-order valence-corrected chi connectivity index (χ0v) is 20.6. The van der Waals surface area contributed by atoms with Gasteiger partial charge >= 0.3 is 12.0 Å². The van der Waals surface area contributed by atoms with Crippen molar-refractivity contribution in [1.82, 2.24) is 0 Å². The molecule has 0 aromatic heterocycles. The fraction of sp³-hybridized carbons (Fsp3) is 0.462. The number of hydrogen-bond acceptors (Lipinski definition) is 5. The SMILES string of the molecule is CC[C@@H](CC(=O)O)c1ccc(N2CCOC[C@@H]2C(C)C)c(NC(=O)Nc2ccc(OC)cc2F)c1. The summed E-state index contributed by atoms with van der Waals surface area (Å²) >= 11 is 0. The van der Waals surface area contributed by atoms with Crippen molar-refractivity contribution >= 4 is 29.1 Å². The van der Waals surface area contributed by atoms with E-state index in [1.807, 2.05) is 25.1 Å². The number of benzene rings is 2. The number of urea groups is 1. The third kappa shape index (κ3) is 6.63. The maximum Gasteiger partial charge on any atom is 0.323 e. The van der Waals surface area contributed by atoms with Gasteiger partial charge in [0, 0.05) is 12.6 Å². The van der Waals surface area contributed by atoms with Crippen molar-refractivity contribution in [2.24, 2.45) is 5.92 Å². The Labute approximate surface area is 205 Å². The zero-order chi connectivity index (χ0) is 25.5.